The first-order valence-corrected chi connectivity index (χ1v) is 3.88. The summed E-state index contributed by atoms with van der Waals surface area (Å²) in [6.45, 7) is 3.39. The molecule has 0 saturated heterocycles. The van der Waals surface area contributed by atoms with Gasteiger partial charge in [-0.2, -0.15) is 0 Å². The minimum atomic E-state index is -0.727. The van der Waals surface area contributed by atoms with Crippen LogP contribution in [0.5, 0.6) is 0 Å². The van der Waals surface area contributed by atoms with Crippen molar-refractivity contribution in [1.29, 1.82) is 0 Å². The number of benzene rings is 1. The number of halogens is 2. The van der Waals surface area contributed by atoms with E-state index in [2.05, 4.69) is 6.58 Å². The highest BCUT2D eigenvalue weighted by Crippen LogP contribution is 2.21. The van der Waals surface area contributed by atoms with Crippen LogP contribution >= 0.6 is 12.4 Å². The van der Waals surface area contributed by atoms with E-state index in [0.717, 1.165) is 18.2 Å². The van der Waals surface area contributed by atoms with Crippen molar-refractivity contribution in [2.75, 3.05) is 0 Å². The Morgan fingerprint density at radius 1 is 1.60 bits per heavy atom. The first-order chi connectivity index (χ1) is 6.56. The van der Waals surface area contributed by atoms with Gasteiger partial charge in [-0.25, -0.2) is 4.39 Å². The van der Waals surface area contributed by atoms with Crippen LogP contribution in [0.2, 0.25) is 0 Å². The van der Waals surface area contributed by atoms with Crippen LogP contribution in [0.15, 0.2) is 30.9 Å². The number of nitro benzene ring substituents is 1. The van der Waals surface area contributed by atoms with Crippen molar-refractivity contribution in [2.24, 2.45) is 5.73 Å². The molecule has 15 heavy (non-hydrogen) atoms. The maximum atomic E-state index is 13.1. The van der Waals surface area contributed by atoms with Crippen LogP contribution in [0.25, 0.3) is 0 Å². The average molecular weight is 233 g/mol. The van der Waals surface area contributed by atoms with Crippen LogP contribution in [-0.2, 0) is 0 Å². The summed E-state index contributed by atoms with van der Waals surface area (Å²) < 4.78 is 13.1. The summed E-state index contributed by atoms with van der Waals surface area (Å²) >= 11 is 0. The molecule has 1 aromatic rings. The van der Waals surface area contributed by atoms with E-state index in [1.165, 1.54) is 6.08 Å². The summed E-state index contributed by atoms with van der Waals surface area (Å²) in [5.74, 6) is -0.567. The summed E-state index contributed by atoms with van der Waals surface area (Å²) in [6, 6.07) is 2.50. The van der Waals surface area contributed by atoms with Gasteiger partial charge in [0.15, 0.2) is 0 Å². The van der Waals surface area contributed by atoms with Crippen molar-refractivity contribution in [3.8, 4) is 0 Å². The summed E-state index contributed by atoms with van der Waals surface area (Å²) in [6.07, 6.45) is 1.32. The van der Waals surface area contributed by atoms with E-state index < -0.39 is 16.8 Å². The molecule has 1 atom stereocenters. The molecule has 2 N–H and O–H groups in total. The van der Waals surface area contributed by atoms with Crippen molar-refractivity contribution in [3.63, 3.8) is 0 Å². The van der Waals surface area contributed by atoms with Gasteiger partial charge < -0.3 is 5.73 Å². The Hall–Kier alpha value is -1.46. The molecule has 0 amide bonds. The third-order valence-electron chi connectivity index (χ3n) is 1.80. The van der Waals surface area contributed by atoms with Crippen molar-refractivity contribution in [1.82, 2.24) is 0 Å². The maximum absolute atomic E-state index is 13.1. The molecule has 0 heterocycles. The van der Waals surface area contributed by atoms with Gasteiger partial charge in [-0.05, 0) is 6.07 Å². The van der Waals surface area contributed by atoms with Gasteiger partial charge in [0.1, 0.15) is 5.82 Å². The number of hydrogen-bond donors (Lipinski definition) is 1. The molecule has 0 spiro atoms. The third kappa shape index (κ3) is 3.00. The van der Waals surface area contributed by atoms with Crippen LogP contribution in [0.1, 0.15) is 11.6 Å². The topological polar surface area (TPSA) is 69.2 Å². The highest BCUT2D eigenvalue weighted by molar-refractivity contribution is 5.85. The Labute approximate surface area is 92.1 Å². The first-order valence-electron chi connectivity index (χ1n) is 3.88. The van der Waals surface area contributed by atoms with E-state index in [-0.39, 0.29) is 23.7 Å². The van der Waals surface area contributed by atoms with E-state index in [1.54, 1.807) is 0 Å². The fraction of sp³-hybridized carbons (Fsp3) is 0.111. The fourth-order valence-corrected chi connectivity index (χ4v) is 1.03. The molecule has 0 aliphatic rings. The van der Waals surface area contributed by atoms with Crippen LogP contribution in [-0.4, -0.2) is 4.92 Å². The second kappa shape index (κ2) is 5.43. The highest BCUT2D eigenvalue weighted by Gasteiger charge is 2.13. The zero-order valence-electron chi connectivity index (χ0n) is 7.72. The molecular formula is C9H10ClFN2O2. The van der Waals surface area contributed by atoms with Gasteiger partial charge in [0, 0.05) is 17.7 Å². The van der Waals surface area contributed by atoms with E-state index in [1.807, 2.05) is 0 Å². The molecule has 4 nitrogen and oxygen atoms in total. The van der Waals surface area contributed by atoms with Crippen molar-refractivity contribution in [3.05, 3.63) is 52.3 Å². The Morgan fingerprint density at radius 3 is 2.67 bits per heavy atom. The molecular weight excluding hydrogens is 223 g/mol. The van der Waals surface area contributed by atoms with Crippen LogP contribution < -0.4 is 5.73 Å². The summed E-state index contributed by atoms with van der Waals surface area (Å²) in [5.41, 5.74) is 5.38. The van der Waals surface area contributed by atoms with E-state index in [4.69, 9.17) is 5.73 Å². The Kier molecular flexibility index (Phi) is 4.90. The van der Waals surface area contributed by atoms with Crippen LogP contribution in [0.4, 0.5) is 10.1 Å². The summed E-state index contributed by atoms with van der Waals surface area (Å²) in [4.78, 5) is 9.79. The number of rotatable bonds is 3. The molecule has 0 aliphatic carbocycles. The van der Waals surface area contributed by atoms with E-state index in [0.29, 0.717) is 0 Å². The number of nitro groups is 1. The third-order valence-corrected chi connectivity index (χ3v) is 1.80. The summed E-state index contributed by atoms with van der Waals surface area (Å²) in [7, 11) is 0. The van der Waals surface area contributed by atoms with E-state index >= 15 is 0 Å². The lowest BCUT2D eigenvalue weighted by molar-refractivity contribution is -0.385. The molecule has 0 unspecified atom stereocenters. The zero-order chi connectivity index (χ0) is 10.7. The zero-order valence-corrected chi connectivity index (χ0v) is 8.54. The maximum Gasteiger partial charge on any atom is 0.269 e. The molecule has 0 bridgehead atoms. The lowest BCUT2D eigenvalue weighted by atomic mass is 10.1. The second-order valence-electron chi connectivity index (χ2n) is 2.72. The minimum absolute atomic E-state index is 0. The molecule has 6 heteroatoms. The molecule has 0 aliphatic heterocycles. The standard InChI is InChI=1S/C9H9FN2O2.ClH/c1-2-9(11)7-5-6(12(13)14)3-4-8(7)10;/h2-5,9H,1,11H2;1H/t9-;/m0./s1. The van der Waals surface area contributed by atoms with E-state index in [9.17, 15) is 14.5 Å². The molecule has 0 aromatic heterocycles. The van der Waals surface area contributed by atoms with Gasteiger partial charge in [-0.1, -0.05) is 6.08 Å². The van der Waals surface area contributed by atoms with Gasteiger partial charge in [-0.3, -0.25) is 10.1 Å². The Morgan fingerprint density at radius 2 is 2.20 bits per heavy atom. The first kappa shape index (κ1) is 13.5. The van der Waals surface area contributed by atoms with Gasteiger partial charge in [0.25, 0.3) is 5.69 Å². The van der Waals surface area contributed by atoms with Crippen molar-refractivity contribution in [2.45, 2.75) is 6.04 Å². The van der Waals surface area contributed by atoms with Crippen LogP contribution in [0.3, 0.4) is 0 Å². The average Bonchev–Trinajstić information content (AvgIpc) is 2.17. The fourth-order valence-electron chi connectivity index (χ4n) is 1.03. The number of nitrogens with two attached hydrogens (primary N) is 1. The van der Waals surface area contributed by atoms with Gasteiger partial charge >= 0.3 is 0 Å². The quantitative estimate of drug-likeness (QED) is 0.494. The largest absolute Gasteiger partial charge is 0.321 e. The van der Waals surface area contributed by atoms with Crippen LogP contribution in [0, 0.1) is 15.9 Å². The second-order valence-corrected chi connectivity index (χ2v) is 2.72. The van der Waals surface area contributed by atoms with Crippen molar-refractivity contribution >= 4 is 18.1 Å². The lowest BCUT2D eigenvalue weighted by Gasteiger charge is -2.06. The smallest absolute Gasteiger partial charge is 0.269 e. The number of nitrogens with zero attached hydrogens (tertiary/aromatic N) is 1. The normalized spacial score (nSPS) is 11.3. The molecule has 0 saturated carbocycles. The molecule has 1 aromatic carbocycles. The minimum Gasteiger partial charge on any atom is -0.321 e. The Bertz CT molecular complexity index is 384. The Balaban J connectivity index is 0.00000196. The number of hydrogen-bond acceptors (Lipinski definition) is 3. The summed E-state index contributed by atoms with van der Waals surface area (Å²) in [5, 5.41) is 10.4. The number of non-ortho nitro benzene ring substituents is 1. The SMILES string of the molecule is C=C[C@H](N)c1cc([N+](=O)[O-])ccc1F.Cl. The monoisotopic (exact) mass is 232 g/mol. The highest BCUT2D eigenvalue weighted by atomic mass is 35.5. The van der Waals surface area contributed by atoms with Crippen molar-refractivity contribution < 1.29 is 9.31 Å². The molecule has 1 rings (SSSR count). The lowest BCUT2D eigenvalue weighted by Crippen LogP contribution is -2.09. The molecule has 0 radical (unpaired) electrons. The molecule has 0 fully saturated rings. The van der Waals surface area contributed by atoms with Gasteiger partial charge in [0.05, 0.1) is 11.0 Å². The van der Waals surface area contributed by atoms with Gasteiger partial charge in [-0.15, -0.1) is 19.0 Å². The van der Waals surface area contributed by atoms with Gasteiger partial charge in [0.2, 0.25) is 0 Å². The predicted octanol–water partition coefficient (Wildman–Crippen LogP) is 2.34. The molecule has 82 valence electrons. The predicted molar refractivity (Wildman–Crippen MR) is 57.4 cm³/mol.